The predicted octanol–water partition coefficient (Wildman–Crippen LogP) is 3.43. The maximum atomic E-state index is 5.39. The van der Waals surface area contributed by atoms with E-state index >= 15 is 0 Å². The summed E-state index contributed by atoms with van der Waals surface area (Å²) in [5.41, 5.74) is 2.36. The fourth-order valence-corrected chi connectivity index (χ4v) is 1.91. The lowest BCUT2D eigenvalue weighted by molar-refractivity contribution is 0.581. The van der Waals surface area contributed by atoms with Crippen molar-refractivity contribution in [1.29, 1.82) is 0 Å². The molecule has 0 saturated heterocycles. The van der Waals surface area contributed by atoms with Crippen molar-refractivity contribution in [1.82, 2.24) is 5.32 Å². The van der Waals surface area contributed by atoms with Gasteiger partial charge in [-0.2, -0.15) is 0 Å². The first-order valence-corrected chi connectivity index (χ1v) is 5.57. The zero-order valence-electron chi connectivity index (χ0n) is 8.46. The molecule has 2 rings (SSSR count). The van der Waals surface area contributed by atoms with Gasteiger partial charge in [-0.15, -0.1) is 0 Å². The van der Waals surface area contributed by atoms with Crippen LogP contribution in [-0.4, -0.2) is 7.05 Å². The zero-order chi connectivity index (χ0) is 10.7. The summed E-state index contributed by atoms with van der Waals surface area (Å²) in [7, 11) is 1.94. The second-order valence-electron chi connectivity index (χ2n) is 3.32. The first-order chi connectivity index (χ1) is 7.31. The average Bonchev–Trinajstić information content (AvgIpc) is 2.66. The molecule has 2 nitrogen and oxygen atoms in total. The lowest BCUT2D eigenvalue weighted by atomic mass is 10.1. The highest BCUT2D eigenvalue weighted by Crippen LogP contribution is 2.29. The van der Waals surface area contributed by atoms with Crippen molar-refractivity contribution in [2.24, 2.45) is 0 Å². The summed E-state index contributed by atoms with van der Waals surface area (Å²) < 4.78 is 6.38. The fourth-order valence-electron chi connectivity index (χ4n) is 1.48. The van der Waals surface area contributed by atoms with Crippen LogP contribution >= 0.6 is 15.9 Å². The van der Waals surface area contributed by atoms with Gasteiger partial charge in [0.1, 0.15) is 5.76 Å². The van der Waals surface area contributed by atoms with E-state index in [9.17, 15) is 0 Å². The second-order valence-corrected chi connectivity index (χ2v) is 4.18. The molecule has 0 saturated carbocycles. The summed E-state index contributed by atoms with van der Waals surface area (Å²) in [5.74, 6) is 0.881. The van der Waals surface area contributed by atoms with Gasteiger partial charge in [0.25, 0.3) is 0 Å². The number of hydrogen-bond acceptors (Lipinski definition) is 2. The number of benzene rings is 1. The minimum absolute atomic E-state index is 0.881. The van der Waals surface area contributed by atoms with Gasteiger partial charge in [-0.1, -0.05) is 24.3 Å². The van der Waals surface area contributed by atoms with E-state index in [0.717, 1.165) is 22.3 Å². The zero-order valence-corrected chi connectivity index (χ0v) is 10.0. The summed E-state index contributed by atoms with van der Waals surface area (Å²) in [4.78, 5) is 0. The normalized spacial score (nSPS) is 10.5. The Hall–Kier alpha value is -1.06. The Morgan fingerprint density at radius 2 is 1.93 bits per heavy atom. The third kappa shape index (κ3) is 2.30. The molecule has 0 aliphatic carbocycles. The monoisotopic (exact) mass is 265 g/mol. The number of rotatable bonds is 3. The van der Waals surface area contributed by atoms with Crippen LogP contribution in [0.15, 0.2) is 45.5 Å². The van der Waals surface area contributed by atoms with Crippen molar-refractivity contribution in [2.75, 3.05) is 7.05 Å². The molecule has 0 spiro atoms. The Balaban J connectivity index is 2.28. The molecular weight excluding hydrogens is 254 g/mol. The minimum atomic E-state index is 0.881. The van der Waals surface area contributed by atoms with E-state index in [1.165, 1.54) is 5.56 Å². The van der Waals surface area contributed by atoms with E-state index in [0.29, 0.717) is 0 Å². The Labute approximate surface area is 97.4 Å². The summed E-state index contributed by atoms with van der Waals surface area (Å²) >= 11 is 3.45. The Morgan fingerprint density at radius 3 is 2.47 bits per heavy atom. The first kappa shape index (κ1) is 10.5. The van der Waals surface area contributed by atoms with Crippen LogP contribution in [0.1, 0.15) is 5.56 Å². The van der Waals surface area contributed by atoms with Crippen molar-refractivity contribution in [3.8, 4) is 11.3 Å². The van der Waals surface area contributed by atoms with Crippen LogP contribution in [0, 0.1) is 0 Å². The standard InChI is InChI=1S/C12H12BrNO/c1-14-8-9-2-4-10(5-3-9)12-11(13)6-7-15-12/h2-7,14H,8H2,1H3. The molecule has 0 aliphatic rings. The number of furan rings is 1. The smallest absolute Gasteiger partial charge is 0.148 e. The van der Waals surface area contributed by atoms with E-state index in [2.05, 4.69) is 45.5 Å². The van der Waals surface area contributed by atoms with Gasteiger partial charge in [-0.05, 0) is 34.6 Å². The molecule has 0 amide bonds. The highest BCUT2D eigenvalue weighted by molar-refractivity contribution is 9.10. The van der Waals surface area contributed by atoms with Crippen molar-refractivity contribution in [3.05, 3.63) is 46.6 Å². The van der Waals surface area contributed by atoms with Gasteiger partial charge < -0.3 is 9.73 Å². The number of hydrogen-bond donors (Lipinski definition) is 1. The largest absolute Gasteiger partial charge is 0.463 e. The summed E-state index contributed by atoms with van der Waals surface area (Å²) in [6, 6.07) is 10.2. The van der Waals surface area contributed by atoms with Crippen molar-refractivity contribution < 1.29 is 4.42 Å². The van der Waals surface area contributed by atoms with Crippen LogP contribution in [0.3, 0.4) is 0 Å². The van der Waals surface area contributed by atoms with E-state index in [4.69, 9.17) is 4.42 Å². The topological polar surface area (TPSA) is 25.2 Å². The summed E-state index contributed by atoms with van der Waals surface area (Å²) in [5, 5.41) is 3.12. The van der Waals surface area contributed by atoms with Gasteiger partial charge in [0.2, 0.25) is 0 Å². The molecule has 2 aromatic rings. The first-order valence-electron chi connectivity index (χ1n) is 4.78. The van der Waals surface area contributed by atoms with Gasteiger partial charge in [0.15, 0.2) is 0 Å². The average molecular weight is 266 g/mol. The molecule has 3 heteroatoms. The molecule has 0 atom stereocenters. The molecule has 0 fully saturated rings. The molecule has 0 bridgehead atoms. The maximum absolute atomic E-state index is 5.39. The third-order valence-corrected chi connectivity index (χ3v) is 2.84. The molecular formula is C12H12BrNO. The van der Waals surface area contributed by atoms with E-state index in [-0.39, 0.29) is 0 Å². The predicted molar refractivity (Wildman–Crippen MR) is 64.6 cm³/mol. The molecule has 0 unspecified atom stereocenters. The van der Waals surface area contributed by atoms with Crippen LogP contribution in [0.2, 0.25) is 0 Å². The highest BCUT2D eigenvalue weighted by atomic mass is 79.9. The summed E-state index contributed by atoms with van der Waals surface area (Å²) in [6.45, 7) is 0.888. The van der Waals surface area contributed by atoms with Gasteiger partial charge >= 0.3 is 0 Å². The van der Waals surface area contributed by atoms with Crippen LogP contribution in [-0.2, 0) is 6.54 Å². The van der Waals surface area contributed by atoms with Crippen LogP contribution in [0.25, 0.3) is 11.3 Å². The molecule has 0 radical (unpaired) electrons. The van der Waals surface area contributed by atoms with Gasteiger partial charge in [-0.3, -0.25) is 0 Å². The number of halogens is 1. The lowest BCUT2D eigenvalue weighted by Crippen LogP contribution is -2.04. The van der Waals surface area contributed by atoms with Crippen molar-refractivity contribution in [2.45, 2.75) is 6.54 Å². The molecule has 78 valence electrons. The summed E-state index contributed by atoms with van der Waals surface area (Å²) in [6.07, 6.45) is 1.68. The van der Waals surface area contributed by atoms with E-state index in [1.54, 1.807) is 6.26 Å². The third-order valence-electron chi connectivity index (χ3n) is 2.21. The molecule has 1 N–H and O–H groups in total. The maximum Gasteiger partial charge on any atom is 0.148 e. The van der Waals surface area contributed by atoms with Crippen LogP contribution < -0.4 is 5.32 Å². The van der Waals surface area contributed by atoms with E-state index in [1.807, 2.05) is 13.1 Å². The van der Waals surface area contributed by atoms with Crippen LogP contribution in [0.5, 0.6) is 0 Å². The van der Waals surface area contributed by atoms with Crippen LogP contribution in [0.4, 0.5) is 0 Å². The molecule has 1 heterocycles. The van der Waals surface area contributed by atoms with E-state index < -0.39 is 0 Å². The van der Waals surface area contributed by atoms with Crippen molar-refractivity contribution in [3.63, 3.8) is 0 Å². The Bertz CT molecular complexity index is 433. The van der Waals surface area contributed by atoms with Gasteiger partial charge in [0.05, 0.1) is 10.7 Å². The molecule has 1 aromatic heterocycles. The second kappa shape index (κ2) is 4.64. The highest BCUT2D eigenvalue weighted by Gasteiger charge is 2.05. The lowest BCUT2D eigenvalue weighted by Gasteiger charge is -2.02. The number of nitrogens with one attached hydrogen (secondary N) is 1. The van der Waals surface area contributed by atoms with Crippen molar-refractivity contribution >= 4 is 15.9 Å². The SMILES string of the molecule is CNCc1ccc(-c2occc2Br)cc1. The van der Waals surface area contributed by atoms with Gasteiger partial charge in [-0.25, -0.2) is 0 Å². The minimum Gasteiger partial charge on any atom is -0.463 e. The van der Waals surface area contributed by atoms with Gasteiger partial charge in [0, 0.05) is 12.1 Å². The quantitative estimate of drug-likeness (QED) is 0.920. The molecule has 0 aliphatic heterocycles. The Morgan fingerprint density at radius 1 is 1.20 bits per heavy atom. The fraction of sp³-hybridized carbons (Fsp3) is 0.167. The molecule has 1 aromatic carbocycles. The molecule has 15 heavy (non-hydrogen) atoms. The Kier molecular flexibility index (Phi) is 3.23.